The summed E-state index contributed by atoms with van der Waals surface area (Å²) in [5, 5.41) is 9.06. The van der Waals surface area contributed by atoms with E-state index in [0.717, 1.165) is 24.4 Å². The zero-order valence-corrected chi connectivity index (χ0v) is 13.5. The van der Waals surface area contributed by atoms with Crippen LogP contribution in [0.2, 0.25) is 0 Å². The molecule has 0 fully saturated rings. The summed E-state index contributed by atoms with van der Waals surface area (Å²) >= 11 is 0. The third-order valence-electron chi connectivity index (χ3n) is 3.76. The Morgan fingerprint density at radius 3 is 2.52 bits per heavy atom. The molecule has 0 spiro atoms. The van der Waals surface area contributed by atoms with Gasteiger partial charge in [-0.15, -0.1) is 13.2 Å². The van der Waals surface area contributed by atoms with E-state index in [0.29, 0.717) is 5.56 Å². The summed E-state index contributed by atoms with van der Waals surface area (Å²) in [5.74, 6) is -2.72. The molecule has 27 heavy (non-hydrogen) atoms. The second kappa shape index (κ2) is 6.75. The van der Waals surface area contributed by atoms with Gasteiger partial charge in [0.2, 0.25) is 5.43 Å². The second-order valence-corrected chi connectivity index (χ2v) is 5.64. The van der Waals surface area contributed by atoms with Gasteiger partial charge in [0.25, 0.3) is 0 Å². The van der Waals surface area contributed by atoms with Crippen molar-refractivity contribution < 1.29 is 32.2 Å². The van der Waals surface area contributed by atoms with Crippen molar-refractivity contribution in [3.05, 3.63) is 75.8 Å². The Morgan fingerprint density at radius 1 is 1.15 bits per heavy atom. The molecule has 2 aromatic carbocycles. The molecule has 0 amide bonds. The van der Waals surface area contributed by atoms with Crippen LogP contribution in [-0.4, -0.2) is 22.0 Å². The summed E-state index contributed by atoms with van der Waals surface area (Å²) < 4.78 is 56.4. The highest BCUT2D eigenvalue weighted by Crippen LogP contribution is 2.24. The van der Waals surface area contributed by atoms with Crippen molar-refractivity contribution in [3.8, 4) is 5.75 Å². The Hall–Kier alpha value is -3.36. The number of fused-ring (bicyclic) bond motifs is 1. The first-order valence-corrected chi connectivity index (χ1v) is 7.55. The molecule has 0 atom stereocenters. The van der Waals surface area contributed by atoms with E-state index in [1.54, 1.807) is 0 Å². The standard InChI is InChI=1S/C18H11F4NO4/c19-14-6-2-5-12-15(14)23(9-13(16(12)24)17(25)26)8-10-3-1-4-11(7-10)27-18(20,21)22/h1-7,9H,8H2,(H,25,26). The van der Waals surface area contributed by atoms with Gasteiger partial charge in [0, 0.05) is 18.1 Å². The molecule has 0 saturated heterocycles. The van der Waals surface area contributed by atoms with Crippen molar-refractivity contribution in [1.29, 1.82) is 0 Å². The predicted molar refractivity (Wildman–Crippen MR) is 87.4 cm³/mol. The number of pyridine rings is 1. The van der Waals surface area contributed by atoms with E-state index in [9.17, 15) is 32.3 Å². The molecule has 0 aliphatic heterocycles. The predicted octanol–water partition coefficient (Wildman–Crippen LogP) is 3.79. The third-order valence-corrected chi connectivity index (χ3v) is 3.76. The van der Waals surface area contributed by atoms with Crippen LogP contribution in [0, 0.1) is 5.82 Å². The van der Waals surface area contributed by atoms with Crippen LogP contribution in [0.1, 0.15) is 15.9 Å². The highest BCUT2D eigenvalue weighted by Gasteiger charge is 2.31. The zero-order chi connectivity index (χ0) is 19.8. The lowest BCUT2D eigenvalue weighted by molar-refractivity contribution is -0.274. The second-order valence-electron chi connectivity index (χ2n) is 5.64. The number of carbonyl (C=O) groups is 1. The topological polar surface area (TPSA) is 68.5 Å². The molecule has 0 unspecified atom stereocenters. The first kappa shape index (κ1) is 18.4. The largest absolute Gasteiger partial charge is 0.573 e. The highest BCUT2D eigenvalue weighted by molar-refractivity contribution is 5.92. The molecule has 9 heteroatoms. The number of nitrogens with zero attached hydrogens (tertiary/aromatic N) is 1. The Labute approximate surface area is 149 Å². The van der Waals surface area contributed by atoms with Crippen molar-refractivity contribution >= 4 is 16.9 Å². The molecule has 1 N–H and O–H groups in total. The van der Waals surface area contributed by atoms with Crippen LogP contribution >= 0.6 is 0 Å². The normalized spacial score (nSPS) is 11.6. The lowest BCUT2D eigenvalue weighted by atomic mass is 10.1. The lowest BCUT2D eigenvalue weighted by Gasteiger charge is -2.14. The van der Waals surface area contributed by atoms with Crippen LogP contribution in [0.3, 0.4) is 0 Å². The maximum absolute atomic E-state index is 14.3. The molecule has 1 heterocycles. The van der Waals surface area contributed by atoms with Crippen LogP contribution in [-0.2, 0) is 6.54 Å². The molecule has 0 radical (unpaired) electrons. The zero-order valence-electron chi connectivity index (χ0n) is 13.5. The Balaban J connectivity index is 2.12. The third kappa shape index (κ3) is 3.91. The number of halogens is 4. The number of aromatic nitrogens is 1. The van der Waals surface area contributed by atoms with Gasteiger partial charge in [0.1, 0.15) is 17.1 Å². The highest BCUT2D eigenvalue weighted by atomic mass is 19.4. The first-order chi connectivity index (χ1) is 12.7. The number of alkyl halides is 3. The molecule has 1 aromatic heterocycles. The summed E-state index contributed by atoms with van der Waals surface area (Å²) in [4.78, 5) is 23.5. The van der Waals surface area contributed by atoms with Gasteiger partial charge in [-0.25, -0.2) is 9.18 Å². The van der Waals surface area contributed by atoms with E-state index in [1.165, 1.54) is 28.8 Å². The Kier molecular flexibility index (Phi) is 4.61. The van der Waals surface area contributed by atoms with E-state index in [4.69, 9.17) is 0 Å². The molecular formula is C18H11F4NO4. The average molecular weight is 381 g/mol. The molecule has 0 aliphatic carbocycles. The van der Waals surface area contributed by atoms with Gasteiger partial charge < -0.3 is 14.4 Å². The smallest absolute Gasteiger partial charge is 0.477 e. The molecule has 140 valence electrons. The van der Waals surface area contributed by atoms with Crippen molar-refractivity contribution in [3.63, 3.8) is 0 Å². The number of carboxylic acid groups (broad SMARTS) is 1. The summed E-state index contributed by atoms with van der Waals surface area (Å²) in [6, 6.07) is 8.63. The van der Waals surface area contributed by atoms with Crippen LogP contribution < -0.4 is 10.2 Å². The molecule has 0 saturated carbocycles. The minimum absolute atomic E-state index is 0.141. The summed E-state index contributed by atoms with van der Waals surface area (Å²) in [6.45, 7) is -0.174. The number of benzene rings is 2. The quantitative estimate of drug-likeness (QED) is 0.699. The number of rotatable bonds is 4. The molecule has 3 rings (SSSR count). The van der Waals surface area contributed by atoms with Gasteiger partial charge in [-0.2, -0.15) is 0 Å². The maximum Gasteiger partial charge on any atom is 0.573 e. The van der Waals surface area contributed by atoms with Crippen LogP contribution in [0.15, 0.2) is 53.5 Å². The molecule has 0 aliphatic rings. The van der Waals surface area contributed by atoms with Gasteiger partial charge in [0.05, 0.1) is 5.52 Å². The monoisotopic (exact) mass is 381 g/mol. The SMILES string of the molecule is O=C(O)c1cn(Cc2cccc(OC(F)(F)F)c2)c2c(F)cccc2c1=O. The lowest BCUT2D eigenvalue weighted by Crippen LogP contribution is -2.20. The van der Waals surface area contributed by atoms with Gasteiger partial charge in [-0.3, -0.25) is 4.79 Å². The molecular weight excluding hydrogens is 370 g/mol. The summed E-state index contributed by atoms with van der Waals surface area (Å²) in [7, 11) is 0. The average Bonchev–Trinajstić information content (AvgIpc) is 2.56. The van der Waals surface area contributed by atoms with Crippen LogP contribution in [0.4, 0.5) is 17.6 Å². The Morgan fingerprint density at radius 2 is 1.85 bits per heavy atom. The van der Waals surface area contributed by atoms with E-state index >= 15 is 0 Å². The minimum Gasteiger partial charge on any atom is -0.477 e. The summed E-state index contributed by atoms with van der Waals surface area (Å²) in [5.41, 5.74) is -1.27. The van der Waals surface area contributed by atoms with Crippen LogP contribution in [0.5, 0.6) is 5.75 Å². The van der Waals surface area contributed by atoms with Gasteiger partial charge in [-0.1, -0.05) is 18.2 Å². The maximum atomic E-state index is 14.3. The number of carboxylic acids is 1. The first-order valence-electron chi connectivity index (χ1n) is 7.55. The fourth-order valence-electron chi connectivity index (χ4n) is 2.73. The fraction of sp³-hybridized carbons (Fsp3) is 0.111. The van der Waals surface area contributed by atoms with Crippen molar-refractivity contribution in [2.75, 3.05) is 0 Å². The number of aromatic carboxylic acids is 1. The van der Waals surface area contributed by atoms with Crippen molar-refractivity contribution in [2.24, 2.45) is 0 Å². The van der Waals surface area contributed by atoms with Crippen LogP contribution in [0.25, 0.3) is 10.9 Å². The Bertz CT molecular complexity index is 1090. The van der Waals surface area contributed by atoms with Crippen molar-refractivity contribution in [2.45, 2.75) is 12.9 Å². The van der Waals surface area contributed by atoms with Crippen molar-refractivity contribution in [1.82, 2.24) is 4.57 Å². The van der Waals surface area contributed by atoms with Gasteiger partial charge >= 0.3 is 12.3 Å². The van der Waals surface area contributed by atoms with E-state index in [1.807, 2.05) is 0 Å². The molecule has 5 nitrogen and oxygen atoms in total. The van der Waals surface area contributed by atoms with Gasteiger partial charge in [-0.05, 0) is 29.8 Å². The fourth-order valence-corrected chi connectivity index (χ4v) is 2.73. The van der Waals surface area contributed by atoms with Gasteiger partial charge in [0.15, 0.2) is 0 Å². The molecule has 3 aromatic rings. The minimum atomic E-state index is -4.87. The van der Waals surface area contributed by atoms with E-state index in [-0.39, 0.29) is 17.4 Å². The number of ether oxygens (including phenoxy) is 1. The van der Waals surface area contributed by atoms with E-state index in [2.05, 4.69) is 4.74 Å². The number of hydrogen-bond donors (Lipinski definition) is 1. The van der Waals surface area contributed by atoms with E-state index < -0.39 is 34.9 Å². The number of hydrogen-bond acceptors (Lipinski definition) is 3. The molecule has 0 bridgehead atoms. The summed E-state index contributed by atoms with van der Waals surface area (Å²) in [6.07, 6.45) is -3.90. The number of para-hydroxylation sites is 1.